The number of rotatable bonds is 7. The van der Waals surface area contributed by atoms with Crippen LogP contribution < -0.4 is 10.2 Å². The third-order valence-corrected chi connectivity index (χ3v) is 6.40. The summed E-state index contributed by atoms with van der Waals surface area (Å²) < 4.78 is 13.7. The van der Waals surface area contributed by atoms with E-state index in [1.54, 1.807) is 17.0 Å². The number of benzene rings is 2. The smallest absolute Gasteiger partial charge is 0.250 e. The molecule has 1 unspecified atom stereocenters. The largest absolute Gasteiger partial charge is 0.338 e. The fourth-order valence-electron chi connectivity index (χ4n) is 4.25. The molecule has 34 heavy (non-hydrogen) atoms. The summed E-state index contributed by atoms with van der Waals surface area (Å²) in [6.45, 7) is 11.0. The molecule has 2 aromatic rings. The predicted octanol–water partition coefficient (Wildman–Crippen LogP) is 4.86. The molecule has 0 bridgehead atoms. The molecule has 0 radical (unpaired) electrons. The van der Waals surface area contributed by atoms with Crippen molar-refractivity contribution in [2.24, 2.45) is 5.41 Å². The highest BCUT2D eigenvalue weighted by atomic mass is 35.5. The number of amides is 2. The molecule has 2 amide bonds. The van der Waals surface area contributed by atoms with Crippen LogP contribution in [-0.2, 0) is 16.0 Å². The van der Waals surface area contributed by atoms with Crippen LogP contribution in [0.25, 0.3) is 0 Å². The number of nitrogens with one attached hydrogen (secondary N) is 1. The molecule has 1 aliphatic rings. The van der Waals surface area contributed by atoms with E-state index in [0.29, 0.717) is 37.4 Å². The minimum atomic E-state index is -0.927. The average molecular weight is 488 g/mol. The highest BCUT2D eigenvalue weighted by Gasteiger charge is 2.36. The van der Waals surface area contributed by atoms with Crippen molar-refractivity contribution in [3.8, 4) is 0 Å². The summed E-state index contributed by atoms with van der Waals surface area (Å²) in [7, 11) is 0. The van der Waals surface area contributed by atoms with Gasteiger partial charge in [0.05, 0.1) is 0 Å². The van der Waals surface area contributed by atoms with Crippen LogP contribution in [0.2, 0.25) is 0 Å². The van der Waals surface area contributed by atoms with Crippen molar-refractivity contribution in [3.63, 3.8) is 0 Å². The van der Waals surface area contributed by atoms with Gasteiger partial charge in [0.2, 0.25) is 11.8 Å². The highest BCUT2D eigenvalue weighted by molar-refractivity contribution is 6.30. The molecule has 1 heterocycles. The van der Waals surface area contributed by atoms with Gasteiger partial charge in [0, 0.05) is 31.9 Å². The van der Waals surface area contributed by atoms with Gasteiger partial charge in [-0.3, -0.25) is 14.5 Å². The van der Waals surface area contributed by atoms with E-state index >= 15 is 0 Å². The van der Waals surface area contributed by atoms with Crippen LogP contribution in [0.3, 0.4) is 0 Å². The van der Waals surface area contributed by atoms with Crippen molar-refractivity contribution in [2.45, 2.75) is 46.6 Å². The molecular weight excluding hydrogens is 453 g/mol. The summed E-state index contributed by atoms with van der Waals surface area (Å²) in [5, 5.41) is 3.24. The molecule has 7 heteroatoms. The van der Waals surface area contributed by atoms with Crippen LogP contribution in [0, 0.1) is 18.2 Å². The predicted molar refractivity (Wildman–Crippen MR) is 136 cm³/mol. The molecule has 1 N–H and O–H groups in total. The monoisotopic (exact) mass is 487 g/mol. The minimum absolute atomic E-state index is 0.192. The van der Waals surface area contributed by atoms with Gasteiger partial charge in [-0.25, -0.2) is 4.39 Å². The Labute approximate surface area is 207 Å². The van der Waals surface area contributed by atoms with E-state index in [9.17, 15) is 14.0 Å². The van der Waals surface area contributed by atoms with Crippen molar-refractivity contribution in [1.29, 1.82) is 0 Å². The number of piperazine rings is 1. The fraction of sp³-hybridized carbons (Fsp3) is 0.481. The first kappa shape index (κ1) is 26.2. The number of nitrogens with zero attached hydrogens (tertiary/aromatic N) is 2. The number of alkyl halides is 1. The number of carbonyl (C=O) groups excluding carboxylic acids is 2. The summed E-state index contributed by atoms with van der Waals surface area (Å²) in [6, 6.07) is 10.8. The van der Waals surface area contributed by atoms with Gasteiger partial charge in [-0.15, -0.1) is 11.6 Å². The minimum Gasteiger partial charge on any atom is -0.338 e. The molecule has 0 saturated carbocycles. The van der Waals surface area contributed by atoms with Crippen LogP contribution in [0.5, 0.6) is 0 Å². The molecule has 1 aliphatic heterocycles. The summed E-state index contributed by atoms with van der Waals surface area (Å²) in [6.07, 6.45) is 1.96. The molecular formula is C27H35ClFN3O2. The van der Waals surface area contributed by atoms with Crippen molar-refractivity contribution in [2.75, 3.05) is 37.0 Å². The molecule has 2 aromatic carbocycles. The molecule has 0 aromatic heterocycles. The number of anilines is 1. The zero-order valence-electron chi connectivity index (χ0n) is 20.5. The maximum atomic E-state index is 13.8. The Morgan fingerprint density at radius 3 is 2.32 bits per heavy atom. The second-order valence-electron chi connectivity index (χ2n) is 10.1. The summed E-state index contributed by atoms with van der Waals surface area (Å²) >= 11 is 6.04. The highest BCUT2D eigenvalue weighted by Crippen LogP contribution is 2.33. The van der Waals surface area contributed by atoms with Crippen molar-refractivity contribution >= 4 is 29.1 Å². The third kappa shape index (κ3) is 6.57. The van der Waals surface area contributed by atoms with Gasteiger partial charge in [-0.1, -0.05) is 45.0 Å². The average Bonchev–Trinajstić information content (AvgIpc) is 2.82. The van der Waals surface area contributed by atoms with E-state index < -0.39 is 11.9 Å². The van der Waals surface area contributed by atoms with Crippen LogP contribution in [-0.4, -0.2) is 48.8 Å². The first-order chi connectivity index (χ1) is 16.1. The SMILES string of the molecule is Cc1cc(CCC(C)(C)C)ccc1N(C(=O)CCl)C(C(=O)N1CCNCC1)c1ccc(F)cc1. The lowest BCUT2D eigenvalue weighted by atomic mass is 9.88. The van der Waals surface area contributed by atoms with E-state index in [1.807, 2.05) is 19.1 Å². The number of hydrogen-bond donors (Lipinski definition) is 1. The summed E-state index contributed by atoms with van der Waals surface area (Å²) in [5.74, 6) is -1.22. The summed E-state index contributed by atoms with van der Waals surface area (Å²) in [5.41, 5.74) is 3.49. The molecule has 1 atom stereocenters. The molecule has 1 saturated heterocycles. The van der Waals surface area contributed by atoms with Crippen LogP contribution in [0.15, 0.2) is 42.5 Å². The second-order valence-corrected chi connectivity index (χ2v) is 10.4. The van der Waals surface area contributed by atoms with E-state index in [-0.39, 0.29) is 23.1 Å². The Balaban J connectivity index is 2.04. The summed E-state index contributed by atoms with van der Waals surface area (Å²) in [4.78, 5) is 30.2. The van der Waals surface area contributed by atoms with Gasteiger partial charge in [0.1, 0.15) is 17.7 Å². The molecule has 3 rings (SSSR count). The van der Waals surface area contributed by atoms with E-state index in [0.717, 1.165) is 18.4 Å². The van der Waals surface area contributed by atoms with Gasteiger partial charge >= 0.3 is 0 Å². The molecule has 0 spiro atoms. The van der Waals surface area contributed by atoms with E-state index in [2.05, 4.69) is 32.2 Å². The van der Waals surface area contributed by atoms with Crippen LogP contribution in [0.4, 0.5) is 10.1 Å². The first-order valence-electron chi connectivity index (χ1n) is 11.8. The Morgan fingerprint density at radius 1 is 1.12 bits per heavy atom. The van der Waals surface area contributed by atoms with Gasteiger partial charge in [0.15, 0.2) is 0 Å². The first-order valence-corrected chi connectivity index (χ1v) is 12.4. The number of carbonyl (C=O) groups is 2. The standard InChI is InChI=1S/C27H35ClFN3O2/c1-19-17-20(11-12-27(2,3)4)5-10-23(19)32(24(33)18-28)25(21-6-8-22(29)9-7-21)26(34)31-15-13-30-14-16-31/h5-10,17,25,30H,11-16,18H2,1-4H3. The quantitative estimate of drug-likeness (QED) is 0.567. The van der Waals surface area contributed by atoms with Crippen molar-refractivity contribution < 1.29 is 14.0 Å². The molecule has 5 nitrogen and oxygen atoms in total. The van der Waals surface area contributed by atoms with E-state index in [4.69, 9.17) is 11.6 Å². The third-order valence-electron chi connectivity index (χ3n) is 6.17. The number of hydrogen-bond acceptors (Lipinski definition) is 3. The van der Waals surface area contributed by atoms with Gasteiger partial charge in [-0.05, 0) is 60.1 Å². The van der Waals surface area contributed by atoms with Crippen molar-refractivity contribution in [1.82, 2.24) is 10.2 Å². The normalized spacial score (nSPS) is 15.2. The van der Waals surface area contributed by atoms with Crippen LogP contribution >= 0.6 is 11.6 Å². The van der Waals surface area contributed by atoms with E-state index in [1.165, 1.54) is 22.6 Å². The number of halogens is 2. The molecule has 1 fully saturated rings. The molecule has 0 aliphatic carbocycles. The van der Waals surface area contributed by atoms with Gasteiger partial charge in [-0.2, -0.15) is 0 Å². The Bertz CT molecular complexity index is 998. The Morgan fingerprint density at radius 2 is 1.76 bits per heavy atom. The van der Waals surface area contributed by atoms with Crippen LogP contribution in [0.1, 0.15) is 49.9 Å². The maximum absolute atomic E-state index is 13.8. The second kappa shape index (κ2) is 11.3. The topological polar surface area (TPSA) is 52.7 Å². The lowest BCUT2D eigenvalue weighted by Gasteiger charge is -2.37. The Hall–Kier alpha value is -2.44. The number of aryl methyl sites for hydroxylation is 2. The lowest BCUT2D eigenvalue weighted by molar-refractivity contribution is -0.135. The van der Waals surface area contributed by atoms with Crippen molar-refractivity contribution in [3.05, 3.63) is 65.0 Å². The lowest BCUT2D eigenvalue weighted by Crippen LogP contribution is -2.52. The fourth-order valence-corrected chi connectivity index (χ4v) is 4.38. The zero-order valence-corrected chi connectivity index (χ0v) is 21.3. The molecule has 184 valence electrons. The zero-order chi connectivity index (χ0) is 24.9. The van der Waals surface area contributed by atoms with Gasteiger partial charge < -0.3 is 10.2 Å². The maximum Gasteiger partial charge on any atom is 0.250 e. The van der Waals surface area contributed by atoms with Gasteiger partial charge in [0.25, 0.3) is 0 Å². The Kier molecular flexibility index (Phi) is 8.72.